The largest absolute Gasteiger partial charge is 0.454 e. The SMILES string of the molecule is C1=C(c2ccccc2)NC(c2cc(-c3ccccc3)cc3oc4c(-n5c6ccccc6c6ccccc65)cccc4c23)N=C1c1ccccc1. The number of benzene rings is 7. The Bertz CT molecular complexity index is 2720. The number of furan rings is 1. The van der Waals surface area contributed by atoms with Crippen molar-refractivity contribution < 1.29 is 4.42 Å². The van der Waals surface area contributed by atoms with E-state index in [1.54, 1.807) is 0 Å². The van der Waals surface area contributed by atoms with Gasteiger partial charge < -0.3 is 14.3 Å². The van der Waals surface area contributed by atoms with Gasteiger partial charge in [0.15, 0.2) is 5.58 Å². The zero-order chi connectivity index (χ0) is 33.0. The molecule has 1 aliphatic heterocycles. The van der Waals surface area contributed by atoms with Crippen molar-refractivity contribution in [3.05, 3.63) is 193 Å². The van der Waals surface area contributed by atoms with Crippen molar-refractivity contribution in [2.75, 3.05) is 0 Å². The monoisotopic (exact) mass is 641 g/mol. The zero-order valence-corrected chi connectivity index (χ0v) is 27.1. The summed E-state index contributed by atoms with van der Waals surface area (Å²) in [6, 6.07) is 59.6. The highest BCUT2D eigenvalue weighted by Crippen LogP contribution is 2.43. The van der Waals surface area contributed by atoms with Gasteiger partial charge in [0.2, 0.25) is 0 Å². The van der Waals surface area contributed by atoms with E-state index < -0.39 is 0 Å². The Kier molecular flexibility index (Phi) is 6.53. The van der Waals surface area contributed by atoms with Crippen LogP contribution < -0.4 is 5.32 Å². The molecular weight excluding hydrogens is 611 g/mol. The van der Waals surface area contributed by atoms with Gasteiger partial charge in [-0.2, -0.15) is 0 Å². The first-order valence-electron chi connectivity index (χ1n) is 17.0. The molecule has 7 aromatic carbocycles. The number of nitrogens with zero attached hydrogens (tertiary/aromatic N) is 2. The van der Waals surface area contributed by atoms with Crippen molar-refractivity contribution in [3.8, 4) is 16.8 Å². The van der Waals surface area contributed by atoms with E-state index in [1.165, 1.54) is 10.8 Å². The first-order valence-corrected chi connectivity index (χ1v) is 17.0. The van der Waals surface area contributed by atoms with Gasteiger partial charge in [-0.15, -0.1) is 0 Å². The molecule has 0 fully saturated rings. The molecule has 0 spiro atoms. The predicted molar refractivity (Wildman–Crippen MR) is 207 cm³/mol. The van der Waals surface area contributed by atoms with Crippen LogP contribution in [0.4, 0.5) is 0 Å². The standard InChI is InChI=1S/C46H31N3O/c1-4-15-30(16-5-1)33-27-37(46-47-38(31-17-6-2-7-18-31)29-39(48-46)32-19-8-3-9-20-32)44-36-23-14-26-42(45(36)50-43(44)28-33)49-40-24-12-10-21-34(40)35-22-11-13-25-41(35)49/h1-29,46-47H. The number of aliphatic imine (C=N–C) groups is 1. The first-order chi connectivity index (χ1) is 24.8. The smallest absolute Gasteiger partial charge is 0.159 e. The second-order valence-electron chi connectivity index (χ2n) is 12.8. The van der Waals surface area contributed by atoms with Crippen molar-refractivity contribution in [1.29, 1.82) is 0 Å². The normalized spacial score (nSPS) is 14.6. The Hall–Kier alpha value is -6.65. The Balaban J connectivity index is 1.25. The lowest BCUT2D eigenvalue weighted by molar-refractivity contribution is 0.657. The molecule has 1 unspecified atom stereocenters. The van der Waals surface area contributed by atoms with Crippen molar-refractivity contribution in [2.45, 2.75) is 6.17 Å². The Labute approximate surface area is 289 Å². The lowest BCUT2D eigenvalue weighted by Crippen LogP contribution is -2.25. The molecule has 0 bridgehead atoms. The number of fused-ring (bicyclic) bond motifs is 6. The summed E-state index contributed by atoms with van der Waals surface area (Å²) in [6.45, 7) is 0. The highest BCUT2D eigenvalue weighted by atomic mass is 16.3. The van der Waals surface area contributed by atoms with Crippen molar-refractivity contribution in [2.24, 2.45) is 4.99 Å². The summed E-state index contributed by atoms with van der Waals surface area (Å²) in [4.78, 5) is 5.41. The van der Waals surface area contributed by atoms with Gasteiger partial charge in [-0.25, -0.2) is 0 Å². The third kappa shape index (κ3) is 4.57. The van der Waals surface area contributed by atoms with E-state index in [9.17, 15) is 0 Å². The number of hydrogen-bond donors (Lipinski definition) is 1. The molecule has 0 radical (unpaired) electrons. The summed E-state index contributed by atoms with van der Waals surface area (Å²) in [7, 11) is 0. The third-order valence-corrected chi connectivity index (χ3v) is 9.83. The van der Waals surface area contributed by atoms with Crippen LogP contribution in [-0.2, 0) is 0 Å². The van der Waals surface area contributed by atoms with Crippen LogP contribution in [0.25, 0.3) is 66.3 Å². The van der Waals surface area contributed by atoms with E-state index in [2.05, 4.69) is 180 Å². The fraction of sp³-hybridized carbons (Fsp3) is 0.0217. The van der Waals surface area contributed by atoms with Crippen molar-refractivity contribution in [3.63, 3.8) is 0 Å². The van der Waals surface area contributed by atoms with E-state index in [4.69, 9.17) is 9.41 Å². The van der Waals surface area contributed by atoms with E-state index >= 15 is 0 Å². The summed E-state index contributed by atoms with van der Waals surface area (Å²) >= 11 is 0. The number of aromatic nitrogens is 1. The van der Waals surface area contributed by atoms with Crippen LogP contribution in [0.2, 0.25) is 0 Å². The summed E-state index contributed by atoms with van der Waals surface area (Å²) in [5.41, 5.74) is 12.4. The Morgan fingerprint density at radius 2 is 1.10 bits per heavy atom. The fourth-order valence-corrected chi connectivity index (χ4v) is 7.55. The summed E-state index contributed by atoms with van der Waals surface area (Å²) < 4.78 is 9.35. The molecule has 4 heteroatoms. The maximum Gasteiger partial charge on any atom is 0.159 e. The average Bonchev–Trinajstić information content (AvgIpc) is 3.74. The minimum absolute atomic E-state index is 0.366. The minimum atomic E-state index is -0.366. The molecule has 10 rings (SSSR count). The second-order valence-corrected chi connectivity index (χ2v) is 12.8. The number of para-hydroxylation sites is 3. The average molecular weight is 642 g/mol. The molecule has 4 nitrogen and oxygen atoms in total. The Morgan fingerprint density at radius 3 is 1.78 bits per heavy atom. The molecule has 0 saturated heterocycles. The molecule has 0 amide bonds. The molecule has 9 aromatic rings. The third-order valence-electron chi connectivity index (χ3n) is 9.83. The van der Waals surface area contributed by atoms with Crippen molar-refractivity contribution >= 4 is 55.2 Å². The molecule has 2 aromatic heterocycles. The molecule has 0 saturated carbocycles. The molecule has 50 heavy (non-hydrogen) atoms. The van der Waals surface area contributed by atoms with Gasteiger partial charge in [-0.3, -0.25) is 4.99 Å². The Morgan fingerprint density at radius 1 is 0.520 bits per heavy atom. The molecule has 3 heterocycles. The highest BCUT2D eigenvalue weighted by Gasteiger charge is 2.26. The fourth-order valence-electron chi connectivity index (χ4n) is 7.55. The predicted octanol–water partition coefficient (Wildman–Crippen LogP) is 11.5. The number of nitrogens with one attached hydrogen (secondary N) is 1. The number of rotatable bonds is 5. The van der Waals surface area contributed by atoms with E-state index in [1.807, 2.05) is 6.07 Å². The van der Waals surface area contributed by atoms with Gasteiger partial charge in [0.25, 0.3) is 0 Å². The minimum Gasteiger partial charge on any atom is -0.454 e. The maximum atomic E-state index is 7.01. The van der Waals surface area contributed by atoms with E-state index in [0.717, 1.165) is 77.9 Å². The summed E-state index contributed by atoms with van der Waals surface area (Å²) in [6.07, 6.45) is 1.79. The van der Waals surface area contributed by atoms with Gasteiger partial charge in [-0.05, 0) is 58.7 Å². The second kappa shape index (κ2) is 11.5. The molecule has 236 valence electrons. The zero-order valence-electron chi connectivity index (χ0n) is 27.1. The van der Waals surface area contributed by atoms with Gasteiger partial charge >= 0.3 is 0 Å². The summed E-state index contributed by atoms with van der Waals surface area (Å²) in [5.74, 6) is 0. The molecule has 1 aliphatic rings. The van der Waals surface area contributed by atoms with Gasteiger partial charge in [0.1, 0.15) is 11.7 Å². The highest BCUT2D eigenvalue weighted by molar-refractivity contribution is 6.15. The molecular formula is C46H31N3O. The van der Waals surface area contributed by atoms with Crippen LogP contribution in [0.1, 0.15) is 22.9 Å². The number of allylic oxidation sites excluding steroid dienone is 1. The van der Waals surface area contributed by atoms with Crippen LogP contribution in [0.3, 0.4) is 0 Å². The van der Waals surface area contributed by atoms with Gasteiger partial charge in [0, 0.05) is 32.8 Å². The lowest BCUT2D eigenvalue weighted by Gasteiger charge is -2.26. The summed E-state index contributed by atoms with van der Waals surface area (Å²) in [5, 5.41) is 8.39. The number of hydrogen-bond acceptors (Lipinski definition) is 3. The van der Waals surface area contributed by atoms with E-state index in [0.29, 0.717) is 0 Å². The molecule has 1 atom stereocenters. The quantitative estimate of drug-likeness (QED) is 0.203. The topological polar surface area (TPSA) is 42.5 Å². The maximum absolute atomic E-state index is 7.01. The van der Waals surface area contributed by atoms with Gasteiger partial charge in [-0.1, -0.05) is 140 Å². The van der Waals surface area contributed by atoms with Crippen LogP contribution in [-0.4, -0.2) is 10.3 Å². The van der Waals surface area contributed by atoms with Crippen molar-refractivity contribution in [1.82, 2.24) is 9.88 Å². The molecule has 1 N–H and O–H groups in total. The van der Waals surface area contributed by atoms with Crippen LogP contribution >= 0.6 is 0 Å². The van der Waals surface area contributed by atoms with Crippen LogP contribution in [0.15, 0.2) is 185 Å². The van der Waals surface area contributed by atoms with E-state index in [-0.39, 0.29) is 6.17 Å². The first kappa shape index (κ1) is 28.4. The van der Waals surface area contributed by atoms with Crippen LogP contribution in [0, 0.1) is 0 Å². The lowest BCUT2D eigenvalue weighted by atomic mass is 9.95. The van der Waals surface area contributed by atoms with Gasteiger partial charge in [0.05, 0.1) is 22.4 Å². The molecule has 0 aliphatic carbocycles. The van der Waals surface area contributed by atoms with Crippen LogP contribution in [0.5, 0.6) is 0 Å².